The van der Waals surface area contributed by atoms with Gasteiger partial charge < -0.3 is 9.64 Å². The van der Waals surface area contributed by atoms with Gasteiger partial charge in [-0.25, -0.2) is 0 Å². The number of hydrogen-bond donors (Lipinski definition) is 0. The molecule has 3 nitrogen and oxygen atoms in total. The standard InChI is InChI=1S/C19H19NO2S/c1-3-22-18-12-15-8-5-4-7-14(15)11-17(18)19(21)20(2)13-16-9-6-10-23-16/h4-12H,3,13H2,1-2H3. The normalized spacial score (nSPS) is 10.7. The van der Waals surface area contributed by atoms with Gasteiger partial charge in [0.15, 0.2) is 0 Å². The van der Waals surface area contributed by atoms with Crippen molar-refractivity contribution in [2.24, 2.45) is 0 Å². The first-order valence-corrected chi connectivity index (χ1v) is 8.50. The van der Waals surface area contributed by atoms with Crippen molar-refractivity contribution in [3.05, 3.63) is 64.4 Å². The Morgan fingerprint density at radius 3 is 2.52 bits per heavy atom. The summed E-state index contributed by atoms with van der Waals surface area (Å²) in [4.78, 5) is 15.8. The van der Waals surface area contributed by atoms with Crippen LogP contribution in [0.15, 0.2) is 53.9 Å². The van der Waals surface area contributed by atoms with Gasteiger partial charge >= 0.3 is 0 Å². The Kier molecular flexibility index (Phi) is 4.63. The largest absolute Gasteiger partial charge is 0.493 e. The quantitative estimate of drug-likeness (QED) is 0.687. The van der Waals surface area contributed by atoms with E-state index in [1.54, 1.807) is 16.2 Å². The van der Waals surface area contributed by atoms with Gasteiger partial charge in [-0.15, -0.1) is 11.3 Å². The molecule has 3 aromatic rings. The minimum Gasteiger partial charge on any atom is -0.493 e. The maximum Gasteiger partial charge on any atom is 0.257 e. The zero-order chi connectivity index (χ0) is 16.2. The molecule has 0 bridgehead atoms. The molecule has 0 saturated carbocycles. The molecule has 1 aromatic heterocycles. The Morgan fingerprint density at radius 2 is 1.87 bits per heavy atom. The first kappa shape index (κ1) is 15.6. The lowest BCUT2D eigenvalue weighted by Crippen LogP contribution is -2.26. The number of carbonyl (C=O) groups excluding carboxylic acids is 1. The van der Waals surface area contributed by atoms with Crippen molar-refractivity contribution in [2.75, 3.05) is 13.7 Å². The molecular formula is C19H19NO2S. The van der Waals surface area contributed by atoms with E-state index in [0.717, 1.165) is 10.8 Å². The Morgan fingerprint density at radius 1 is 1.13 bits per heavy atom. The molecule has 0 atom stereocenters. The highest BCUT2D eigenvalue weighted by Gasteiger charge is 2.18. The maximum atomic E-state index is 12.9. The lowest BCUT2D eigenvalue weighted by atomic mass is 10.0. The van der Waals surface area contributed by atoms with Gasteiger partial charge in [-0.2, -0.15) is 0 Å². The fourth-order valence-electron chi connectivity index (χ4n) is 2.58. The highest BCUT2D eigenvalue weighted by Crippen LogP contribution is 2.27. The molecule has 0 fully saturated rings. The van der Waals surface area contributed by atoms with Crippen LogP contribution in [0.25, 0.3) is 10.8 Å². The molecule has 0 aliphatic heterocycles. The lowest BCUT2D eigenvalue weighted by molar-refractivity contribution is 0.0782. The highest BCUT2D eigenvalue weighted by molar-refractivity contribution is 7.09. The third-order valence-corrected chi connectivity index (χ3v) is 4.56. The van der Waals surface area contributed by atoms with Gasteiger partial charge in [0.25, 0.3) is 5.91 Å². The summed E-state index contributed by atoms with van der Waals surface area (Å²) in [5, 5.41) is 4.15. The predicted molar refractivity (Wildman–Crippen MR) is 95.2 cm³/mol. The van der Waals surface area contributed by atoms with Crippen molar-refractivity contribution < 1.29 is 9.53 Å². The van der Waals surface area contributed by atoms with Crippen LogP contribution in [-0.4, -0.2) is 24.5 Å². The Hall–Kier alpha value is -2.33. The summed E-state index contributed by atoms with van der Waals surface area (Å²) < 4.78 is 5.71. The van der Waals surface area contributed by atoms with Crippen LogP contribution in [0.2, 0.25) is 0 Å². The van der Waals surface area contributed by atoms with Crippen LogP contribution in [0.1, 0.15) is 22.2 Å². The number of hydrogen-bond acceptors (Lipinski definition) is 3. The summed E-state index contributed by atoms with van der Waals surface area (Å²) in [7, 11) is 1.83. The number of ether oxygens (including phenoxy) is 1. The SMILES string of the molecule is CCOc1cc2ccccc2cc1C(=O)N(C)Cc1cccs1. The molecule has 4 heteroatoms. The maximum absolute atomic E-state index is 12.9. The zero-order valence-corrected chi connectivity index (χ0v) is 14.1. The molecule has 0 saturated heterocycles. The molecule has 1 amide bonds. The summed E-state index contributed by atoms with van der Waals surface area (Å²) in [6, 6.07) is 15.9. The minimum absolute atomic E-state index is 0.0207. The monoisotopic (exact) mass is 325 g/mol. The van der Waals surface area contributed by atoms with Crippen LogP contribution in [0.3, 0.4) is 0 Å². The van der Waals surface area contributed by atoms with E-state index in [1.807, 2.05) is 67.9 Å². The number of thiophene rings is 1. The second-order valence-electron chi connectivity index (χ2n) is 5.37. The number of carbonyl (C=O) groups is 1. The van der Waals surface area contributed by atoms with E-state index < -0.39 is 0 Å². The summed E-state index contributed by atoms with van der Waals surface area (Å²) >= 11 is 1.66. The van der Waals surface area contributed by atoms with E-state index in [-0.39, 0.29) is 5.91 Å². The highest BCUT2D eigenvalue weighted by atomic mass is 32.1. The summed E-state index contributed by atoms with van der Waals surface area (Å²) in [6.45, 7) is 3.07. The average molecular weight is 325 g/mol. The zero-order valence-electron chi connectivity index (χ0n) is 13.3. The van der Waals surface area contributed by atoms with Gasteiger partial charge in [0.1, 0.15) is 5.75 Å². The molecule has 23 heavy (non-hydrogen) atoms. The van der Waals surface area contributed by atoms with Crippen molar-refractivity contribution in [3.8, 4) is 5.75 Å². The molecule has 0 spiro atoms. The van der Waals surface area contributed by atoms with E-state index in [0.29, 0.717) is 24.5 Å². The van der Waals surface area contributed by atoms with Crippen LogP contribution in [0.4, 0.5) is 0 Å². The second-order valence-corrected chi connectivity index (χ2v) is 6.40. The Bertz CT molecular complexity index is 811. The van der Waals surface area contributed by atoms with E-state index in [1.165, 1.54) is 4.88 Å². The second kappa shape index (κ2) is 6.84. The van der Waals surface area contributed by atoms with Gasteiger partial charge in [0.2, 0.25) is 0 Å². The molecule has 3 rings (SSSR count). The van der Waals surface area contributed by atoms with Crippen molar-refractivity contribution >= 4 is 28.0 Å². The van der Waals surface area contributed by atoms with E-state index in [4.69, 9.17) is 4.74 Å². The minimum atomic E-state index is -0.0207. The van der Waals surface area contributed by atoms with E-state index >= 15 is 0 Å². The number of fused-ring (bicyclic) bond motifs is 1. The van der Waals surface area contributed by atoms with Crippen LogP contribution >= 0.6 is 11.3 Å². The Labute approximate surface area is 140 Å². The van der Waals surface area contributed by atoms with Crippen LogP contribution in [-0.2, 0) is 6.54 Å². The van der Waals surface area contributed by atoms with Gasteiger partial charge in [-0.05, 0) is 41.3 Å². The molecule has 0 radical (unpaired) electrons. The van der Waals surface area contributed by atoms with Gasteiger partial charge in [-0.1, -0.05) is 30.3 Å². The summed E-state index contributed by atoms with van der Waals surface area (Å²) in [5.74, 6) is 0.627. The molecule has 1 heterocycles. The first-order chi connectivity index (χ1) is 11.2. The van der Waals surface area contributed by atoms with Gasteiger partial charge in [0.05, 0.1) is 18.7 Å². The number of amides is 1. The molecule has 0 unspecified atom stereocenters. The molecular weight excluding hydrogens is 306 g/mol. The smallest absolute Gasteiger partial charge is 0.257 e. The third-order valence-electron chi connectivity index (χ3n) is 3.70. The third kappa shape index (κ3) is 3.37. The van der Waals surface area contributed by atoms with Gasteiger partial charge in [0, 0.05) is 11.9 Å². The van der Waals surface area contributed by atoms with Crippen molar-refractivity contribution in [3.63, 3.8) is 0 Å². The van der Waals surface area contributed by atoms with Crippen molar-refractivity contribution in [2.45, 2.75) is 13.5 Å². The van der Waals surface area contributed by atoms with Crippen LogP contribution < -0.4 is 4.74 Å². The van der Waals surface area contributed by atoms with Crippen molar-refractivity contribution in [1.82, 2.24) is 4.90 Å². The fourth-order valence-corrected chi connectivity index (χ4v) is 3.33. The molecule has 0 aliphatic carbocycles. The molecule has 118 valence electrons. The summed E-state index contributed by atoms with van der Waals surface area (Å²) in [5.41, 5.74) is 0.615. The summed E-state index contributed by atoms with van der Waals surface area (Å²) in [6.07, 6.45) is 0. The fraction of sp³-hybridized carbons (Fsp3) is 0.211. The Balaban J connectivity index is 1.95. The first-order valence-electron chi connectivity index (χ1n) is 7.62. The molecule has 0 aliphatic rings. The van der Waals surface area contributed by atoms with Crippen LogP contribution in [0.5, 0.6) is 5.75 Å². The van der Waals surface area contributed by atoms with Crippen LogP contribution in [0, 0.1) is 0 Å². The number of benzene rings is 2. The van der Waals surface area contributed by atoms with E-state index in [9.17, 15) is 4.79 Å². The average Bonchev–Trinajstić information content (AvgIpc) is 3.07. The molecule has 0 N–H and O–H groups in total. The lowest BCUT2D eigenvalue weighted by Gasteiger charge is -2.19. The number of rotatable bonds is 5. The van der Waals surface area contributed by atoms with Crippen molar-refractivity contribution in [1.29, 1.82) is 0 Å². The van der Waals surface area contributed by atoms with Gasteiger partial charge in [-0.3, -0.25) is 4.79 Å². The topological polar surface area (TPSA) is 29.5 Å². The molecule has 2 aromatic carbocycles. The van der Waals surface area contributed by atoms with E-state index in [2.05, 4.69) is 0 Å². The predicted octanol–water partition coefficient (Wildman–Crippen LogP) is 4.57. The number of nitrogens with zero attached hydrogens (tertiary/aromatic N) is 1.